The predicted octanol–water partition coefficient (Wildman–Crippen LogP) is 4.70. The summed E-state index contributed by atoms with van der Waals surface area (Å²) in [5, 5.41) is 12.3. The van der Waals surface area contributed by atoms with E-state index in [0.29, 0.717) is 10.0 Å². The lowest BCUT2D eigenvalue weighted by Crippen LogP contribution is -2.14. The normalized spacial score (nSPS) is 20.1. The van der Waals surface area contributed by atoms with Gasteiger partial charge >= 0.3 is 0 Å². The second-order valence-corrected chi connectivity index (χ2v) is 7.93. The van der Waals surface area contributed by atoms with E-state index in [0.717, 1.165) is 40.2 Å². The Bertz CT molecular complexity index is 934. The van der Waals surface area contributed by atoms with Crippen molar-refractivity contribution in [1.29, 1.82) is 0 Å². The Hall–Kier alpha value is -1.31. The van der Waals surface area contributed by atoms with Crippen LogP contribution in [0.4, 0.5) is 0 Å². The predicted molar refractivity (Wildman–Crippen MR) is 104 cm³/mol. The van der Waals surface area contributed by atoms with Gasteiger partial charge in [0, 0.05) is 11.9 Å². The lowest BCUT2D eigenvalue weighted by atomic mass is 10.2. The molecule has 8 heteroatoms. The van der Waals surface area contributed by atoms with Gasteiger partial charge in [-0.3, -0.25) is 0 Å². The number of benzene rings is 1. The molecule has 1 saturated heterocycles. The van der Waals surface area contributed by atoms with Crippen molar-refractivity contribution in [2.24, 2.45) is 0 Å². The third kappa shape index (κ3) is 3.57. The van der Waals surface area contributed by atoms with Crippen LogP contribution in [0.15, 0.2) is 41.8 Å². The Balaban J connectivity index is 1.56. The number of aromatic nitrogens is 3. The van der Waals surface area contributed by atoms with E-state index in [4.69, 9.17) is 27.9 Å². The molecule has 0 radical (unpaired) electrons. The first kappa shape index (κ1) is 18.1. The molecule has 0 spiro atoms. The zero-order chi connectivity index (χ0) is 18.1. The highest BCUT2D eigenvalue weighted by atomic mass is 35.5. The van der Waals surface area contributed by atoms with Gasteiger partial charge in [-0.2, -0.15) is 0 Å². The molecule has 4 rings (SSSR count). The van der Waals surface area contributed by atoms with Crippen LogP contribution in [-0.4, -0.2) is 32.4 Å². The van der Waals surface area contributed by atoms with Crippen molar-refractivity contribution in [3.8, 4) is 0 Å². The van der Waals surface area contributed by atoms with E-state index in [1.807, 2.05) is 29.0 Å². The number of rotatable bonds is 5. The van der Waals surface area contributed by atoms with Gasteiger partial charge in [0.05, 0.1) is 28.1 Å². The molecule has 0 saturated carbocycles. The third-order valence-corrected chi connectivity index (χ3v) is 6.25. The van der Waals surface area contributed by atoms with E-state index in [1.54, 1.807) is 24.2 Å². The Morgan fingerprint density at radius 3 is 2.85 bits per heavy atom. The highest BCUT2D eigenvalue weighted by Crippen LogP contribution is 2.34. The van der Waals surface area contributed by atoms with Gasteiger partial charge in [0.15, 0.2) is 0 Å². The van der Waals surface area contributed by atoms with Gasteiger partial charge in [-0.15, -0.1) is 11.8 Å². The van der Waals surface area contributed by atoms with E-state index in [-0.39, 0.29) is 18.9 Å². The number of hydrogen-bond donors (Lipinski definition) is 1. The van der Waals surface area contributed by atoms with Crippen LogP contribution >= 0.6 is 35.0 Å². The molecular weight excluding hydrogens is 393 g/mol. The number of ether oxygens (including phenoxy) is 1. The van der Waals surface area contributed by atoms with Crippen LogP contribution in [0.1, 0.15) is 24.6 Å². The maximum Gasteiger partial charge on any atom is 0.146 e. The van der Waals surface area contributed by atoms with E-state index < -0.39 is 0 Å². The molecule has 26 heavy (non-hydrogen) atoms. The fourth-order valence-electron chi connectivity index (χ4n) is 3.10. The van der Waals surface area contributed by atoms with Gasteiger partial charge in [0.2, 0.25) is 0 Å². The smallest absolute Gasteiger partial charge is 0.146 e. The molecule has 2 atom stereocenters. The van der Waals surface area contributed by atoms with Gasteiger partial charge < -0.3 is 14.4 Å². The molecule has 0 aliphatic carbocycles. The van der Waals surface area contributed by atoms with Crippen LogP contribution in [-0.2, 0) is 10.5 Å². The van der Waals surface area contributed by atoms with Crippen LogP contribution in [0.5, 0.6) is 0 Å². The minimum atomic E-state index is -0.0946. The third-order valence-electron chi connectivity index (χ3n) is 4.43. The molecule has 0 bridgehead atoms. The zero-order valence-corrected chi connectivity index (χ0v) is 16.1. The first-order chi connectivity index (χ1) is 12.7. The molecule has 3 heterocycles. The monoisotopic (exact) mass is 409 g/mol. The van der Waals surface area contributed by atoms with Crippen LogP contribution in [0.25, 0.3) is 11.0 Å². The number of thioether (sulfide) groups is 1. The quantitative estimate of drug-likeness (QED) is 0.488. The first-order valence-electron chi connectivity index (χ1n) is 8.30. The maximum atomic E-state index is 9.27. The Morgan fingerprint density at radius 1 is 1.19 bits per heavy atom. The van der Waals surface area contributed by atoms with Crippen LogP contribution in [0.2, 0.25) is 10.0 Å². The second-order valence-electron chi connectivity index (χ2n) is 6.15. The largest absolute Gasteiger partial charge is 0.394 e. The zero-order valence-electron chi connectivity index (χ0n) is 13.8. The molecule has 136 valence electrons. The van der Waals surface area contributed by atoms with Gasteiger partial charge in [-0.25, -0.2) is 9.97 Å². The summed E-state index contributed by atoms with van der Waals surface area (Å²) in [6.45, 7) is 0.0510. The van der Waals surface area contributed by atoms with Gasteiger partial charge in [-0.1, -0.05) is 29.3 Å². The summed E-state index contributed by atoms with van der Waals surface area (Å²) >= 11 is 13.7. The van der Waals surface area contributed by atoms with Crippen LogP contribution < -0.4 is 0 Å². The van der Waals surface area contributed by atoms with Crippen molar-refractivity contribution in [2.45, 2.75) is 36.0 Å². The fourth-order valence-corrected chi connectivity index (χ4v) is 4.34. The molecule has 1 N–H and O–H groups in total. The lowest BCUT2D eigenvalue weighted by molar-refractivity contribution is -0.0204. The number of aliphatic hydroxyl groups excluding tert-OH is 1. The van der Waals surface area contributed by atoms with Crippen molar-refractivity contribution < 1.29 is 9.84 Å². The minimum Gasteiger partial charge on any atom is -0.394 e. The SMILES string of the molecule is OCC1CCC(n2ccc3c(SCc4ccc(Cl)c(Cl)c4)ncnc32)O1. The number of nitrogens with zero attached hydrogens (tertiary/aromatic N) is 3. The molecule has 2 unspecified atom stereocenters. The Kier molecular flexibility index (Phi) is 5.38. The standard InChI is InChI=1S/C18H17Cl2N3O2S/c19-14-3-1-11(7-15(14)20)9-26-18-13-5-6-23(17(13)21-10-22-18)16-4-2-12(8-24)25-16/h1,3,5-7,10,12,16,24H,2,4,8-9H2. The van der Waals surface area contributed by atoms with Gasteiger partial charge in [0.1, 0.15) is 23.2 Å². The van der Waals surface area contributed by atoms with Crippen LogP contribution in [0.3, 0.4) is 0 Å². The highest BCUT2D eigenvalue weighted by Gasteiger charge is 2.27. The average Bonchev–Trinajstić information content (AvgIpc) is 3.29. The maximum absolute atomic E-state index is 9.27. The number of fused-ring (bicyclic) bond motifs is 1. The Morgan fingerprint density at radius 2 is 2.08 bits per heavy atom. The summed E-state index contributed by atoms with van der Waals surface area (Å²) in [6.07, 6.45) is 5.09. The van der Waals surface area contributed by atoms with E-state index in [1.165, 1.54) is 0 Å². The lowest BCUT2D eigenvalue weighted by Gasteiger charge is -2.14. The number of hydrogen-bond acceptors (Lipinski definition) is 5. The molecule has 1 aliphatic rings. The molecule has 5 nitrogen and oxygen atoms in total. The van der Waals surface area contributed by atoms with Crippen molar-refractivity contribution in [3.63, 3.8) is 0 Å². The summed E-state index contributed by atoms with van der Waals surface area (Å²) in [7, 11) is 0. The minimum absolute atomic E-state index is 0.0510. The van der Waals surface area contributed by atoms with E-state index in [9.17, 15) is 5.11 Å². The van der Waals surface area contributed by atoms with E-state index in [2.05, 4.69) is 9.97 Å². The molecule has 1 fully saturated rings. The molecule has 0 amide bonds. The summed E-state index contributed by atoms with van der Waals surface area (Å²) in [5.74, 6) is 0.737. The highest BCUT2D eigenvalue weighted by molar-refractivity contribution is 7.98. The van der Waals surface area contributed by atoms with Crippen molar-refractivity contribution in [1.82, 2.24) is 14.5 Å². The van der Waals surface area contributed by atoms with E-state index >= 15 is 0 Å². The molecule has 2 aromatic heterocycles. The van der Waals surface area contributed by atoms with Crippen LogP contribution in [0, 0.1) is 0 Å². The summed E-state index contributed by atoms with van der Waals surface area (Å²) in [4.78, 5) is 8.87. The Labute approximate surface area is 165 Å². The van der Waals surface area contributed by atoms with Gasteiger partial charge in [0.25, 0.3) is 0 Å². The molecular formula is C18H17Cl2N3O2S. The average molecular weight is 410 g/mol. The molecule has 1 aliphatic heterocycles. The summed E-state index contributed by atoms with van der Waals surface area (Å²) in [5.41, 5.74) is 1.93. The van der Waals surface area contributed by atoms with Crippen molar-refractivity contribution in [2.75, 3.05) is 6.61 Å². The topological polar surface area (TPSA) is 60.2 Å². The molecule has 3 aromatic rings. The van der Waals surface area contributed by atoms with Gasteiger partial charge in [-0.05, 0) is 36.6 Å². The fraction of sp³-hybridized carbons (Fsp3) is 0.333. The molecule has 1 aromatic carbocycles. The second kappa shape index (κ2) is 7.74. The number of aliphatic hydroxyl groups is 1. The summed E-state index contributed by atoms with van der Waals surface area (Å²) < 4.78 is 7.90. The summed E-state index contributed by atoms with van der Waals surface area (Å²) in [6, 6.07) is 7.66. The number of halogens is 2. The first-order valence-corrected chi connectivity index (χ1v) is 10.0. The van der Waals surface area contributed by atoms with Crippen molar-refractivity contribution in [3.05, 3.63) is 52.4 Å². The van der Waals surface area contributed by atoms with Crippen molar-refractivity contribution >= 4 is 46.0 Å².